The summed E-state index contributed by atoms with van der Waals surface area (Å²) in [5.41, 5.74) is -0.549. The lowest BCUT2D eigenvalue weighted by Crippen LogP contribution is -2.59. The topological polar surface area (TPSA) is 87.7 Å². The number of urea groups is 1. The van der Waals surface area contributed by atoms with Gasteiger partial charge in [0.05, 0.1) is 24.1 Å². The molecule has 2 fully saturated rings. The Hall–Kier alpha value is -1.30. The van der Waals surface area contributed by atoms with Gasteiger partial charge in [0.25, 0.3) is 0 Å². The third-order valence-corrected chi connectivity index (χ3v) is 4.06. The van der Waals surface area contributed by atoms with E-state index in [9.17, 15) is 9.59 Å². The van der Waals surface area contributed by atoms with E-state index in [2.05, 4.69) is 10.6 Å². The molecule has 0 radical (unpaired) electrons. The number of carbonyl (C=O) groups excluding carboxylic acids is 1. The molecule has 2 aliphatic rings. The molecule has 1 heterocycles. The molecule has 1 aliphatic carbocycles. The quantitative estimate of drug-likeness (QED) is 0.701. The minimum atomic E-state index is -0.868. The highest BCUT2D eigenvalue weighted by atomic mass is 16.5. The average molecular weight is 270 g/mol. The van der Waals surface area contributed by atoms with Crippen LogP contribution in [0.4, 0.5) is 4.79 Å². The third-order valence-electron chi connectivity index (χ3n) is 4.06. The molecule has 0 aromatic carbocycles. The smallest absolute Gasteiger partial charge is 0.315 e. The SMILES string of the molecule is CC(NC(=O)NC1(CC(=O)O)CCC1)C1CCCO1. The second-order valence-corrected chi connectivity index (χ2v) is 5.64. The molecule has 0 aromatic heterocycles. The molecule has 6 heteroatoms. The highest BCUT2D eigenvalue weighted by molar-refractivity contribution is 5.77. The number of carboxylic acids is 1. The van der Waals surface area contributed by atoms with Gasteiger partial charge in [-0.3, -0.25) is 4.79 Å². The molecule has 2 atom stereocenters. The van der Waals surface area contributed by atoms with E-state index in [1.54, 1.807) is 0 Å². The molecule has 19 heavy (non-hydrogen) atoms. The van der Waals surface area contributed by atoms with Crippen LogP contribution in [0.25, 0.3) is 0 Å². The van der Waals surface area contributed by atoms with E-state index < -0.39 is 11.5 Å². The summed E-state index contributed by atoms with van der Waals surface area (Å²) in [5, 5.41) is 14.6. The Bertz CT molecular complexity index is 349. The summed E-state index contributed by atoms with van der Waals surface area (Å²) in [4.78, 5) is 22.8. The molecular weight excluding hydrogens is 248 g/mol. The Kier molecular flexibility index (Phi) is 4.29. The summed E-state index contributed by atoms with van der Waals surface area (Å²) in [7, 11) is 0. The van der Waals surface area contributed by atoms with Crippen molar-refractivity contribution < 1.29 is 19.4 Å². The molecule has 6 nitrogen and oxygen atoms in total. The first-order chi connectivity index (χ1) is 9.01. The van der Waals surface area contributed by atoms with Gasteiger partial charge < -0.3 is 20.5 Å². The van der Waals surface area contributed by atoms with Crippen LogP contribution in [-0.4, -0.2) is 41.4 Å². The largest absolute Gasteiger partial charge is 0.481 e. The third kappa shape index (κ3) is 3.59. The van der Waals surface area contributed by atoms with Gasteiger partial charge in [-0.05, 0) is 39.0 Å². The zero-order valence-corrected chi connectivity index (χ0v) is 11.3. The molecule has 3 N–H and O–H groups in total. The van der Waals surface area contributed by atoms with Crippen molar-refractivity contribution in [3.05, 3.63) is 0 Å². The monoisotopic (exact) mass is 270 g/mol. The lowest BCUT2D eigenvalue weighted by atomic mass is 9.74. The van der Waals surface area contributed by atoms with Crippen molar-refractivity contribution in [2.75, 3.05) is 6.61 Å². The molecule has 1 saturated carbocycles. The average Bonchev–Trinajstić information content (AvgIpc) is 2.78. The van der Waals surface area contributed by atoms with E-state index in [1.165, 1.54) is 0 Å². The van der Waals surface area contributed by atoms with Gasteiger partial charge in [0, 0.05) is 6.61 Å². The fraction of sp³-hybridized carbons (Fsp3) is 0.846. The Balaban J connectivity index is 1.80. The first-order valence-corrected chi connectivity index (χ1v) is 6.93. The number of nitrogens with one attached hydrogen (secondary N) is 2. The molecule has 0 bridgehead atoms. The van der Waals surface area contributed by atoms with Crippen LogP contribution >= 0.6 is 0 Å². The fourth-order valence-corrected chi connectivity index (χ4v) is 2.81. The van der Waals surface area contributed by atoms with E-state index in [4.69, 9.17) is 9.84 Å². The van der Waals surface area contributed by atoms with E-state index in [1.807, 2.05) is 6.92 Å². The maximum absolute atomic E-state index is 11.9. The Morgan fingerprint density at radius 3 is 2.63 bits per heavy atom. The van der Waals surface area contributed by atoms with Gasteiger partial charge in [-0.1, -0.05) is 0 Å². The molecule has 0 aromatic rings. The lowest BCUT2D eigenvalue weighted by Gasteiger charge is -2.41. The minimum absolute atomic E-state index is 0.00523. The number of aliphatic carboxylic acids is 1. The molecule has 2 unspecified atom stereocenters. The second-order valence-electron chi connectivity index (χ2n) is 5.64. The molecule has 108 valence electrons. The van der Waals surface area contributed by atoms with Crippen LogP contribution in [-0.2, 0) is 9.53 Å². The Morgan fingerprint density at radius 1 is 1.42 bits per heavy atom. The van der Waals surface area contributed by atoms with Crippen molar-refractivity contribution in [1.29, 1.82) is 0 Å². The van der Waals surface area contributed by atoms with Crippen LogP contribution in [0.1, 0.15) is 45.4 Å². The van der Waals surface area contributed by atoms with E-state index >= 15 is 0 Å². The molecular formula is C13H22N2O4. The zero-order chi connectivity index (χ0) is 13.9. The van der Waals surface area contributed by atoms with Crippen LogP contribution in [0.5, 0.6) is 0 Å². The van der Waals surface area contributed by atoms with Crippen molar-refractivity contribution in [1.82, 2.24) is 10.6 Å². The predicted octanol–water partition coefficient (Wildman–Crippen LogP) is 1.25. The highest BCUT2D eigenvalue weighted by Gasteiger charge is 2.40. The number of ether oxygens (including phenoxy) is 1. The van der Waals surface area contributed by atoms with Crippen molar-refractivity contribution in [2.24, 2.45) is 0 Å². The van der Waals surface area contributed by atoms with Crippen LogP contribution in [0, 0.1) is 0 Å². The summed E-state index contributed by atoms with van der Waals surface area (Å²) in [6.45, 7) is 2.67. The summed E-state index contributed by atoms with van der Waals surface area (Å²) < 4.78 is 5.51. The Morgan fingerprint density at radius 2 is 2.16 bits per heavy atom. The van der Waals surface area contributed by atoms with Crippen molar-refractivity contribution in [3.63, 3.8) is 0 Å². The van der Waals surface area contributed by atoms with E-state index in [-0.39, 0.29) is 24.6 Å². The number of amides is 2. The van der Waals surface area contributed by atoms with Gasteiger partial charge in [-0.15, -0.1) is 0 Å². The minimum Gasteiger partial charge on any atom is -0.481 e. The molecule has 2 rings (SSSR count). The molecule has 2 amide bonds. The van der Waals surface area contributed by atoms with Crippen molar-refractivity contribution in [2.45, 2.75) is 63.1 Å². The van der Waals surface area contributed by atoms with Crippen LogP contribution in [0.3, 0.4) is 0 Å². The standard InChI is InChI=1S/C13H22N2O4/c1-9(10-4-2-7-19-10)14-12(18)15-13(5-3-6-13)8-11(16)17/h9-10H,2-8H2,1H3,(H,16,17)(H2,14,15,18). The van der Waals surface area contributed by atoms with Gasteiger partial charge in [0.15, 0.2) is 0 Å². The maximum Gasteiger partial charge on any atom is 0.315 e. The van der Waals surface area contributed by atoms with E-state index in [0.29, 0.717) is 0 Å². The zero-order valence-electron chi connectivity index (χ0n) is 11.3. The second kappa shape index (κ2) is 5.77. The number of rotatable bonds is 5. The maximum atomic E-state index is 11.9. The van der Waals surface area contributed by atoms with Gasteiger partial charge in [0.1, 0.15) is 0 Å². The van der Waals surface area contributed by atoms with Crippen molar-refractivity contribution in [3.8, 4) is 0 Å². The number of carboxylic acid groups (broad SMARTS) is 1. The summed E-state index contributed by atoms with van der Waals surface area (Å²) >= 11 is 0. The van der Waals surface area contributed by atoms with Crippen LogP contribution in [0.2, 0.25) is 0 Å². The van der Waals surface area contributed by atoms with Crippen LogP contribution in [0.15, 0.2) is 0 Å². The van der Waals surface area contributed by atoms with Gasteiger partial charge in [-0.25, -0.2) is 4.79 Å². The van der Waals surface area contributed by atoms with Gasteiger partial charge in [-0.2, -0.15) is 0 Å². The highest BCUT2D eigenvalue weighted by Crippen LogP contribution is 2.34. The predicted molar refractivity (Wildman–Crippen MR) is 68.9 cm³/mol. The molecule has 1 saturated heterocycles. The first-order valence-electron chi connectivity index (χ1n) is 6.93. The Labute approximate surface area is 112 Å². The molecule has 1 aliphatic heterocycles. The summed E-state index contributed by atoms with van der Waals surface area (Å²) in [6, 6.07) is -0.339. The summed E-state index contributed by atoms with van der Waals surface area (Å²) in [5.74, 6) is -0.868. The summed E-state index contributed by atoms with van der Waals surface area (Å²) in [6.07, 6.45) is 4.50. The van der Waals surface area contributed by atoms with E-state index in [0.717, 1.165) is 38.7 Å². The molecule has 0 spiro atoms. The van der Waals surface area contributed by atoms with Gasteiger partial charge >= 0.3 is 12.0 Å². The van der Waals surface area contributed by atoms with Gasteiger partial charge in [0.2, 0.25) is 0 Å². The number of hydrogen-bond donors (Lipinski definition) is 3. The normalized spacial score (nSPS) is 26.3. The van der Waals surface area contributed by atoms with Crippen molar-refractivity contribution >= 4 is 12.0 Å². The fourth-order valence-electron chi connectivity index (χ4n) is 2.81. The van der Waals surface area contributed by atoms with Crippen LogP contribution < -0.4 is 10.6 Å². The first kappa shape index (κ1) is 14.1. The number of carbonyl (C=O) groups is 2. The number of hydrogen-bond acceptors (Lipinski definition) is 3. The lowest BCUT2D eigenvalue weighted by molar-refractivity contribution is -0.139.